The monoisotopic (exact) mass is 875 g/mol. The Morgan fingerprint density at radius 2 is 1.45 bits per heavy atom. The number of hydrogen-bond donors (Lipinski definition) is 1. The third-order valence-corrected chi connectivity index (χ3v) is 10.6. The van der Waals surface area contributed by atoms with Gasteiger partial charge in [-0.2, -0.15) is 0 Å². The molecule has 0 radical (unpaired) electrons. The van der Waals surface area contributed by atoms with E-state index >= 15 is 0 Å². The van der Waals surface area contributed by atoms with Gasteiger partial charge in [0.1, 0.15) is 5.69 Å². The normalized spacial score (nSPS) is 12.1. The quantitative estimate of drug-likeness (QED) is 0.0564. The summed E-state index contributed by atoms with van der Waals surface area (Å²) in [6.45, 7) is 9.17. The van der Waals surface area contributed by atoms with Gasteiger partial charge in [-0.15, -0.1) is 5.10 Å². The van der Waals surface area contributed by atoms with Gasteiger partial charge in [0, 0.05) is 37.1 Å². The molecule has 0 atom stereocenters. The molecule has 0 fully saturated rings. The van der Waals surface area contributed by atoms with Gasteiger partial charge in [0.25, 0.3) is 0 Å². The van der Waals surface area contributed by atoms with Gasteiger partial charge in [0.15, 0.2) is 0 Å². The van der Waals surface area contributed by atoms with Crippen LogP contribution in [0.3, 0.4) is 0 Å². The summed E-state index contributed by atoms with van der Waals surface area (Å²) in [6, 6.07) is 15.9. The average Bonchev–Trinajstić information content (AvgIpc) is 3.57. The molecule has 1 aliphatic heterocycles. The maximum atomic E-state index is 13.7. The summed E-state index contributed by atoms with van der Waals surface area (Å²) < 4.78 is 24.4. The SMILES string of the molecule is C[I-]C(=O)CCCC(=O)N(C)CCOCCOCCOCCOCCC(=O)NCCC(=O)N1Cc2ccccc2-c2c(nnn2CC(C)C)-c2ccccc21. The van der Waals surface area contributed by atoms with Gasteiger partial charge in [-0.1, -0.05) is 61.5 Å². The van der Waals surface area contributed by atoms with Crippen molar-refractivity contribution in [3.8, 4) is 22.5 Å². The Kier molecular flexibility index (Phi) is 19.2. The molecule has 55 heavy (non-hydrogen) atoms. The zero-order valence-corrected chi connectivity index (χ0v) is 34.8. The second-order valence-electron chi connectivity index (χ2n) is 13.5. The Balaban J connectivity index is 1.06. The van der Waals surface area contributed by atoms with Crippen LogP contribution in [-0.4, -0.2) is 119 Å². The van der Waals surface area contributed by atoms with Crippen LogP contribution in [0.5, 0.6) is 0 Å². The van der Waals surface area contributed by atoms with E-state index in [2.05, 4.69) is 35.5 Å². The fourth-order valence-corrected chi connectivity index (χ4v) is 6.88. The van der Waals surface area contributed by atoms with Crippen molar-refractivity contribution in [2.24, 2.45) is 5.92 Å². The van der Waals surface area contributed by atoms with Gasteiger partial charge in [0.05, 0.1) is 51.0 Å². The fraction of sp³-hybridized carbons (Fsp3) is 0.550. The Bertz CT molecular complexity index is 1680. The number of hydrogen-bond acceptors (Lipinski definition) is 10. The first-order valence-corrected chi connectivity index (χ1v) is 22.2. The molecule has 0 spiro atoms. The molecule has 15 heteroatoms. The first kappa shape index (κ1) is 44.0. The summed E-state index contributed by atoms with van der Waals surface area (Å²) in [6.07, 6.45) is 1.82. The second kappa shape index (κ2) is 24.0. The van der Waals surface area contributed by atoms with Crippen LogP contribution in [0.2, 0.25) is 0 Å². The second-order valence-corrected chi connectivity index (χ2v) is 15.8. The predicted molar refractivity (Wildman–Crippen MR) is 205 cm³/mol. The van der Waals surface area contributed by atoms with E-state index in [1.165, 1.54) is 0 Å². The molecule has 302 valence electrons. The van der Waals surface area contributed by atoms with Gasteiger partial charge in [-0.3, -0.25) is 9.59 Å². The van der Waals surface area contributed by atoms with E-state index in [1.807, 2.05) is 52.1 Å². The van der Waals surface area contributed by atoms with Crippen molar-refractivity contribution in [1.82, 2.24) is 25.2 Å². The summed E-state index contributed by atoms with van der Waals surface area (Å²) in [5, 5.41) is 12.0. The first-order chi connectivity index (χ1) is 26.7. The number of likely N-dealkylation sites (N-methyl/N-ethyl adjacent to an activating group) is 1. The molecule has 3 amide bonds. The molecule has 1 N–H and O–H groups in total. The van der Waals surface area contributed by atoms with Crippen LogP contribution >= 0.6 is 0 Å². The Morgan fingerprint density at radius 1 is 0.818 bits per heavy atom. The van der Waals surface area contributed by atoms with Crippen LogP contribution in [0.1, 0.15) is 51.5 Å². The van der Waals surface area contributed by atoms with Crippen molar-refractivity contribution >= 4 is 27.2 Å². The van der Waals surface area contributed by atoms with E-state index in [1.54, 1.807) is 16.8 Å². The van der Waals surface area contributed by atoms with Crippen molar-refractivity contribution in [3.05, 3.63) is 54.1 Å². The number of rotatable bonds is 25. The van der Waals surface area contributed by atoms with Gasteiger partial charge >= 0.3 is 112 Å². The minimum Gasteiger partial charge on any atom is -0.379 e. The third-order valence-electron chi connectivity index (χ3n) is 8.85. The number of carbonyl (C=O) groups excluding carboxylic acids is 4. The molecule has 4 rings (SSSR count). The average molecular weight is 876 g/mol. The number of fused-ring (bicyclic) bond motifs is 5. The molecule has 0 bridgehead atoms. The number of aromatic nitrogens is 3. The number of para-hydroxylation sites is 1. The van der Waals surface area contributed by atoms with E-state index in [9.17, 15) is 19.2 Å². The van der Waals surface area contributed by atoms with Crippen molar-refractivity contribution < 1.29 is 59.3 Å². The molecule has 0 saturated carbocycles. The van der Waals surface area contributed by atoms with Gasteiger partial charge < -0.3 is 19.7 Å². The van der Waals surface area contributed by atoms with Crippen LogP contribution in [0.15, 0.2) is 48.5 Å². The maximum absolute atomic E-state index is 13.7. The van der Waals surface area contributed by atoms with Crippen LogP contribution in [0.4, 0.5) is 5.69 Å². The predicted octanol–water partition coefficient (Wildman–Crippen LogP) is 0.952. The van der Waals surface area contributed by atoms with Crippen LogP contribution in [0, 0.1) is 5.92 Å². The van der Waals surface area contributed by atoms with Crippen molar-refractivity contribution in [3.63, 3.8) is 0 Å². The minimum atomic E-state index is -0.383. The molecule has 1 aliphatic rings. The number of benzene rings is 2. The van der Waals surface area contributed by atoms with Gasteiger partial charge in [-0.25, -0.2) is 4.68 Å². The number of halogens is 1. The van der Waals surface area contributed by atoms with E-state index in [4.69, 9.17) is 18.9 Å². The van der Waals surface area contributed by atoms with Gasteiger partial charge in [0.2, 0.25) is 11.8 Å². The summed E-state index contributed by atoms with van der Waals surface area (Å²) in [5.41, 5.74) is 5.33. The number of ether oxygens (including phenoxy) is 4. The summed E-state index contributed by atoms with van der Waals surface area (Å²) >= 11 is -0.383. The molecule has 3 aromatic rings. The number of anilines is 1. The van der Waals surface area contributed by atoms with E-state index in [0.717, 1.165) is 40.3 Å². The van der Waals surface area contributed by atoms with E-state index < -0.39 is 0 Å². The summed E-state index contributed by atoms with van der Waals surface area (Å²) in [7, 11) is 1.74. The zero-order chi connectivity index (χ0) is 39.4. The number of carbonyl (C=O) groups is 4. The third kappa shape index (κ3) is 14.4. The number of nitrogens with one attached hydrogen (secondary N) is 1. The molecule has 2 aromatic carbocycles. The van der Waals surface area contributed by atoms with Crippen molar-refractivity contribution in [2.75, 3.05) is 82.8 Å². The topological polar surface area (TPSA) is 154 Å². The molecule has 1 aromatic heterocycles. The van der Waals surface area contributed by atoms with Crippen LogP contribution in [0.25, 0.3) is 22.5 Å². The molecule has 0 saturated heterocycles. The number of nitrogens with zero attached hydrogens (tertiary/aromatic N) is 5. The first-order valence-electron chi connectivity index (χ1n) is 18.9. The molecular formula is C40H56IN6O8-. The Morgan fingerprint density at radius 3 is 2.15 bits per heavy atom. The molecule has 0 aliphatic carbocycles. The van der Waals surface area contributed by atoms with Crippen molar-refractivity contribution in [1.29, 1.82) is 0 Å². The van der Waals surface area contributed by atoms with Crippen molar-refractivity contribution in [2.45, 2.75) is 59.0 Å². The Hall–Kier alpha value is -3.77. The van der Waals surface area contributed by atoms with E-state index in [-0.39, 0.29) is 64.9 Å². The van der Waals surface area contributed by atoms with E-state index in [0.29, 0.717) is 88.3 Å². The fourth-order valence-electron chi connectivity index (χ4n) is 5.96. The molecule has 14 nitrogen and oxygen atoms in total. The van der Waals surface area contributed by atoms with Gasteiger partial charge in [-0.05, 0) is 17.5 Å². The molecule has 0 unspecified atom stereocenters. The summed E-state index contributed by atoms with van der Waals surface area (Å²) in [4.78, 5) is 55.1. The zero-order valence-electron chi connectivity index (χ0n) is 32.6. The minimum absolute atomic E-state index is 0.0252. The molecular weight excluding hydrogens is 819 g/mol. The standard InChI is InChI=1S/C40H56IN6O8/c1-30(2)28-47-40-32-11-6-5-10-31(32)29-46(34-13-8-7-12-33(34)39(40)43-44-47)38(51)16-18-42-36(49)17-20-52-22-24-54-26-27-55-25-23-53-21-19-45(4)37(50)15-9-14-35(48)41-3/h5-8,10-13,30H,9,14-29H2,1-4H3,(H,42,49)/q-1. The smallest absolute Gasteiger partial charge is 0.379 e. The molecule has 2 heterocycles. The van der Waals surface area contributed by atoms with Crippen LogP contribution in [-0.2, 0) is 51.2 Å². The van der Waals surface area contributed by atoms with Crippen LogP contribution < -0.4 is 31.4 Å². The number of alkyl halides is 1. The number of amides is 3. The Labute approximate surface area is 334 Å². The summed E-state index contributed by atoms with van der Waals surface area (Å²) in [5.74, 6) is 0.122.